The van der Waals surface area contributed by atoms with Crippen LogP contribution in [0.1, 0.15) is 19.8 Å². The molecule has 0 fully saturated rings. The summed E-state index contributed by atoms with van der Waals surface area (Å²) in [5.74, 6) is 0.289. The molecule has 0 heterocycles. The predicted molar refractivity (Wildman–Crippen MR) is 64.3 cm³/mol. The molecule has 0 saturated heterocycles. The highest BCUT2D eigenvalue weighted by Gasteiger charge is 2.12. The molecule has 0 saturated carbocycles. The van der Waals surface area contributed by atoms with Crippen molar-refractivity contribution in [3.05, 3.63) is 34.4 Å². The molecule has 5 nitrogen and oxygen atoms in total. The number of nitrogens with zero attached hydrogens (tertiary/aromatic N) is 1. The van der Waals surface area contributed by atoms with Crippen molar-refractivity contribution in [3.63, 3.8) is 0 Å². The summed E-state index contributed by atoms with van der Waals surface area (Å²) in [7, 11) is 0. The van der Waals surface area contributed by atoms with Crippen LogP contribution in [0, 0.1) is 10.1 Å². The summed E-state index contributed by atoms with van der Waals surface area (Å²) in [6.45, 7) is 3.57. The monoisotopic (exact) mass is 239 g/mol. The fourth-order valence-electron chi connectivity index (χ4n) is 1.29. The largest absolute Gasteiger partial charge is 0.484 e. The summed E-state index contributed by atoms with van der Waals surface area (Å²) in [4.78, 5) is 10.2. The van der Waals surface area contributed by atoms with Crippen molar-refractivity contribution in [3.8, 4) is 5.75 Å². The molecular weight excluding hydrogens is 222 g/mol. The molecule has 0 aliphatic rings. The minimum atomic E-state index is -0.451. The zero-order valence-electron chi connectivity index (χ0n) is 9.93. The van der Waals surface area contributed by atoms with E-state index < -0.39 is 4.92 Å². The normalized spacial score (nSPS) is 10.2. The van der Waals surface area contributed by atoms with Gasteiger partial charge in [0.05, 0.1) is 11.5 Å². The summed E-state index contributed by atoms with van der Waals surface area (Å²) in [6, 6.07) is 6.33. The molecule has 0 aliphatic heterocycles. The highest BCUT2D eigenvalue weighted by atomic mass is 16.6. The van der Waals surface area contributed by atoms with Crippen molar-refractivity contribution in [2.24, 2.45) is 0 Å². The first-order valence-electron chi connectivity index (χ1n) is 5.69. The first kappa shape index (κ1) is 13.4. The van der Waals surface area contributed by atoms with E-state index in [1.807, 2.05) is 0 Å². The number of hydrogen-bond acceptors (Lipinski definition) is 4. The van der Waals surface area contributed by atoms with E-state index in [9.17, 15) is 10.1 Å². The lowest BCUT2D eigenvalue weighted by Crippen LogP contribution is -2.08. The van der Waals surface area contributed by atoms with Crippen LogP contribution < -0.4 is 4.74 Å². The second-order valence-corrected chi connectivity index (χ2v) is 3.54. The van der Waals surface area contributed by atoms with Crippen LogP contribution in [-0.2, 0) is 4.74 Å². The molecular formula is C12H17NO4. The molecule has 0 aliphatic carbocycles. The minimum absolute atomic E-state index is 0.0129. The zero-order chi connectivity index (χ0) is 12.5. The first-order chi connectivity index (χ1) is 8.25. The molecule has 0 radical (unpaired) electrons. The molecule has 5 heteroatoms. The standard InChI is InChI=1S/C12H17NO4/c1-2-3-8-16-9-10-17-12-7-5-4-6-11(12)13(14)15/h4-7H,2-3,8-10H2,1H3. The lowest BCUT2D eigenvalue weighted by atomic mass is 10.3. The van der Waals surface area contributed by atoms with Crippen LogP contribution >= 0.6 is 0 Å². The maximum absolute atomic E-state index is 10.7. The van der Waals surface area contributed by atoms with Crippen molar-refractivity contribution in [2.75, 3.05) is 19.8 Å². The van der Waals surface area contributed by atoms with Gasteiger partial charge in [0.15, 0.2) is 5.75 Å². The second kappa shape index (κ2) is 7.62. The Bertz CT molecular complexity index is 354. The van der Waals surface area contributed by atoms with E-state index in [0.29, 0.717) is 19.8 Å². The summed E-state index contributed by atoms with van der Waals surface area (Å²) >= 11 is 0. The third-order valence-electron chi connectivity index (χ3n) is 2.19. The molecule has 17 heavy (non-hydrogen) atoms. The minimum Gasteiger partial charge on any atom is -0.484 e. The summed E-state index contributed by atoms with van der Waals surface area (Å²) < 4.78 is 10.6. The topological polar surface area (TPSA) is 61.6 Å². The average Bonchev–Trinajstić information content (AvgIpc) is 2.34. The molecule has 0 aromatic heterocycles. The Morgan fingerprint density at radius 1 is 1.24 bits per heavy atom. The Labute approximate surface area is 101 Å². The fraction of sp³-hybridized carbons (Fsp3) is 0.500. The lowest BCUT2D eigenvalue weighted by Gasteiger charge is -2.06. The molecule has 1 aromatic rings. The number of nitro groups is 1. The highest BCUT2D eigenvalue weighted by Crippen LogP contribution is 2.25. The molecule has 0 spiro atoms. The van der Waals surface area contributed by atoms with E-state index in [4.69, 9.17) is 9.47 Å². The molecule has 0 bridgehead atoms. The van der Waals surface area contributed by atoms with Crippen LogP contribution in [0.25, 0.3) is 0 Å². The Kier molecular flexibility index (Phi) is 6.03. The summed E-state index contributed by atoms with van der Waals surface area (Å²) in [5, 5.41) is 10.7. The van der Waals surface area contributed by atoms with Gasteiger partial charge in [0, 0.05) is 12.7 Å². The molecule has 0 unspecified atom stereocenters. The van der Waals surface area contributed by atoms with E-state index >= 15 is 0 Å². The van der Waals surface area contributed by atoms with Crippen molar-refractivity contribution in [1.29, 1.82) is 0 Å². The van der Waals surface area contributed by atoms with Crippen molar-refractivity contribution >= 4 is 5.69 Å². The zero-order valence-corrected chi connectivity index (χ0v) is 9.93. The summed E-state index contributed by atoms with van der Waals surface area (Å²) in [6.07, 6.45) is 2.11. The van der Waals surface area contributed by atoms with Gasteiger partial charge in [0.25, 0.3) is 0 Å². The number of nitro benzene ring substituents is 1. The molecule has 0 atom stereocenters. The van der Waals surface area contributed by atoms with Crippen LogP contribution in [0.4, 0.5) is 5.69 Å². The number of unbranched alkanes of at least 4 members (excludes halogenated alkanes) is 1. The van der Waals surface area contributed by atoms with E-state index in [-0.39, 0.29) is 11.4 Å². The van der Waals surface area contributed by atoms with Gasteiger partial charge in [-0.1, -0.05) is 25.5 Å². The third-order valence-corrected chi connectivity index (χ3v) is 2.19. The highest BCUT2D eigenvalue weighted by molar-refractivity contribution is 5.45. The fourth-order valence-corrected chi connectivity index (χ4v) is 1.29. The first-order valence-corrected chi connectivity index (χ1v) is 5.69. The maximum atomic E-state index is 10.7. The van der Waals surface area contributed by atoms with E-state index in [1.165, 1.54) is 6.07 Å². The Morgan fingerprint density at radius 2 is 2.00 bits per heavy atom. The quantitative estimate of drug-likeness (QED) is 0.397. The van der Waals surface area contributed by atoms with Crippen LogP contribution in [0.3, 0.4) is 0 Å². The van der Waals surface area contributed by atoms with Gasteiger partial charge < -0.3 is 9.47 Å². The van der Waals surface area contributed by atoms with Gasteiger partial charge in [-0.3, -0.25) is 10.1 Å². The van der Waals surface area contributed by atoms with Crippen molar-refractivity contribution < 1.29 is 14.4 Å². The smallest absolute Gasteiger partial charge is 0.310 e. The second-order valence-electron chi connectivity index (χ2n) is 3.54. The SMILES string of the molecule is CCCCOCCOc1ccccc1[N+](=O)[O-]. The van der Waals surface area contributed by atoms with Crippen LogP contribution in [0.2, 0.25) is 0 Å². The van der Waals surface area contributed by atoms with Gasteiger partial charge in [-0.15, -0.1) is 0 Å². The van der Waals surface area contributed by atoms with Crippen molar-refractivity contribution in [2.45, 2.75) is 19.8 Å². The Balaban J connectivity index is 2.34. The lowest BCUT2D eigenvalue weighted by molar-refractivity contribution is -0.385. The number of ether oxygens (including phenoxy) is 2. The van der Waals surface area contributed by atoms with Gasteiger partial charge in [0.2, 0.25) is 0 Å². The number of hydrogen-bond donors (Lipinski definition) is 0. The third kappa shape index (κ3) is 4.82. The van der Waals surface area contributed by atoms with E-state index in [0.717, 1.165) is 12.8 Å². The van der Waals surface area contributed by atoms with Gasteiger partial charge in [0.1, 0.15) is 6.61 Å². The average molecular weight is 239 g/mol. The van der Waals surface area contributed by atoms with E-state index in [2.05, 4.69) is 6.92 Å². The van der Waals surface area contributed by atoms with Crippen LogP contribution in [-0.4, -0.2) is 24.7 Å². The maximum Gasteiger partial charge on any atom is 0.310 e. The Hall–Kier alpha value is -1.62. The number of rotatable bonds is 8. The van der Waals surface area contributed by atoms with Gasteiger partial charge in [-0.2, -0.15) is 0 Å². The van der Waals surface area contributed by atoms with Gasteiger partial charge in [-0.25, -0.2) is 0 Å². The van der Waals surface area contributed by atoms with Gasteiger partial charge >= 0.3 is 5.69 Å². The molecule has 94 valence electrons. The number of para-hydroxylation sites is 2. The van der Waals surface area contributed by atoms with Crippen LogP contribution in [0.15, 0.2) is 24.3 Å². The van der Waals surface area contributed by atoms with Crippen molar-refractivity contribution in [1.82, 2.24) is 0 Å². The molecule has 0 amide bonds. The molecule has 0 N–H and O–H groups in total. The summed E-state index contributed by atoms with van der Waals surface area (Å²) in [5.41, 5.74) is -0.0129. The molecule has 1 aromatic carbocycles. The molecule has 1 rings (SSSR count). The van der Waals surface area contributed by atoms with Gasteiger partial charge in [-0.05, 0) is 12.5 Å². The number of benzene rings is 1. The predicted octanol–water partition coefficient (Wildman–Crippen LogP) is 2.79. The van der Waals surface area contributed by atoms with Crippen LogP contribution in [0.5, 0.6) is 5.75 Å². The van der Waals surface area contributed by atoms with E-state index in [1.54, 1.807) is 18.2 Å². The Morgan fingerprint density at radius 3 is 2.71 bits per heavy atom.